The molecule has 0 unspecified atom stereocenters. The summed E-state index contributed by atoms with van der Waals surface area (Å²) in [7, 11) is 0. The second kappa shape index (κ2) is 16.5. The first-order chi connectivity index (χ1) is 37.7. The Balaban J connectivity index is 0.872. The summed E-state index contributed by atoms with van der Waals surface area (Å²) in [6.45, 7) is 0. The van der Waals surface area contributed by atoms with E-state index in [1.807, 2.05) is 0 Å². The van der Waals surface area contributed by atoms with Gasteiger partial charge in [-0.1, -0.05) is 212 Å². The molecule has 16 rings (SSSR count). The maximum atomic E-state index is 6.89. The van der Waals surface area contributed by atoms with E-state index >= 15 is 0 Å². The van der Waals surface area contributed by atoms with Gasteiger partial charge in [0, 0.05) is 44.0 Å². The normalized spacial score (nSPS) is 12.9. The van der Waals surface area contributed by atoms with E-state index < -0.39 is 5.41 Å². The predicted molar refractivity (Wildman–Crippen MR) is 315 cm³/mol. The molecule has 0 amide bonds. The Kier molecular flexibility index (Phi) is 9.25. The van der Waals surface area contributed by atoms with Crippen molar-refractivity contribution in [3.63, 3.8) is 0 Å². The molecule has 354 valence electrons. The molecular weight excluding hydrogens is 923 g/mol. The van der Waals surface area contributed by atoms with Crippen molar-refractivity contribution in [3.05, 3.63) is 295 Å². The number of ether oxygens (including phenoxy) is 1. The zero-order valence-electron chi connectivity index (χ0n) is 41.2. The lowest BCUT2D eigenvalue weighted by Gasteiger charge is -2.39. The molecule has 1 aliphatic carbocycles. The highest BCUT2D eigenvalue weighted by molar-refractivity contribution is 6.21. The van der Waals surface area contributed by atoms with Gasteiger partial charge in [0.1, 0.15) is 22.7 Å². The van der Waals surface area contributed by atoms with E-state index in [-0.39, 0.29) is 0 Å². The Morgan fingerprint density at radius 1 is 0.316 bits per heavy atom. The van der Waals surface area contributed by atoms with Crippen molar-refractivity contribution in [1.29, 1.82) is 0 Å². The van der Waals surface area contributed by atoms with Gasteiger partial charge in [0.25, 0.3) is 0 Å². The van der Waals surface area contributed by atoms with Crippen LogP contribution in [0, 0.1) is 0 Å². The molecule has 14 aromatic rings. The van der Waals surface area contributed by atoms with Crippen LogP contribution in [0.2, 0.25) is 0 Å². The highest BCUT2D eigenvalue weighted by Crippen LogP contribution is 2.63. The van der Waals surface area contributed by atoms with Gasteiger partial charge in [0.15, 0.2) is 0 Å². The molecule has 1 aromatic heterocycles. The summed E-state index contributed by atoms with van der Waals surface area (Å²) < 4.78 is 13.5. The van der Waals surface area contributed by atoms with Crippen molar-refractivity contribution < 1.29 is 9.15 Å². The van der Waals surface area contributed by atoms with Crippen LogP contribution in [0.3, 0.4) is 0 Å². The zero-order valence-corrected chi connectivity index (χ0v) is 41.2. The Bertz CT molecular complexity index is 4620. The largest absolute Gasteiger partial charge is 0.457 e. The van der Waals surface area contributed by atoms with E-state index in [1.165, 1.54) is 71.6 Å². The number of hydrogen-bond acceptors (Lipinski definition) is 3. The number of nitrogens with zero attached hydrogens (tertiary/aromatic N) is 1. The molecule has 0 atom stereocenters. The Labute approximate surface area is 439 Å². The van der Waals surface area contributed by atoms with Gasteiger partial charge in [-0.15, -0.1) is 0 Å². The van der Waals surface area contributed by atoms with Gasteiger partial charge in [-0.3, -0.25) is 0 Å². The fourth-order valence-corrected chi connectivity index (χ4v) is 13.1. The van der Waals surface area contributed by atoms with Gasteiger partial charge in [-0.2, -0.15) is 0 Å². The quantitative estimate of drug-likeness (QED) is 0.155. The Morgan fingerprint density at radius 2 is 0.855 bits per heavy atom. The van der Waals surface area contributed by atoms with Gasteiger partial charge in [0.2, 0.25) is 0 Å². The summed E-state index contributed by atoms with van der Waals surface area (Å²) in [6.07, 6.45) is 0. The highest BCUT2D eigenvalue weighted by Gasteiger charge is 2.51. The van der Waals surface area contributed by atoms with Crippen molar-refractivity contribution >= 4 is 71.3 Å². The second-order valence-electron chi connectivity index (χ2n) is 20.2. The third kappa shape index (κ3) is 6.11. The first-order valence-electron chi connectivity index (χ1n) is 26.1. The van der Waals surface area contributed by atoms with E-state index in [4.69, 9.17) is 9.15 Å². The average Bonchev–Trinajstić information content (AvgIpc) is 4.17. The van der Waals surface area contributed by atoms with Crippen molar-refractivity contribution in [2.45, 2.75) is 5.41 Å². The van der Waals surface area contributed by atoms with Crippen LogP contribution in [-0.4, -0.2) is 0 Å². The van der Waals surface area contributed by atoms with Gasteiger partial charge in [0.05, 0.1) is 11.1 Å². The second-order valence-corrected chi connectivity index (χ2v) is 20.2. The fraction of sp³-hybridized carbons (Fsp3) is 0.0137. The molecule has 2 heterocycles. The summed E-state index contributed by atoms with van der Waals surface area (Å²) in [5.41, 5.74) is 18.8. The molecule has 2 aliphatic rings. The minimum absolute atomic E-state index is 0.544. The third-order valence-electron chi connectivity index (χ3n) is 16.3. The molecule has 0 N–H and O–H groups in total. The number of rotatable bonds is 6. The molecular formula is C73H45NO2. The Morgan fingerprint density at radius 3 is 1.62 bits per heavy atom. The first kappa shape index (κ1) is 42.5. The zero-order chi connectivity index (χ0) is 49.9. The van der Waals surface area contributed by atoms with Gasteiger partial charge in [-0.25, -0.2) is 0 Å². The van der Waals surface area contributed by atoms with Crippen LogP contribution >= 0.6 is 0 Å². The van der Waals surface area contributed by atoms with E-state index in [2.05, 4.69) is 278 Å². The number of furan rings is 1. The summed E-state index contributed by atoms with van der Waals surface area (Å²) in [6, 6.07) is 99.3. The summed E-state index contributed by atoms with van der Waals surface area (Å²) in [5, 5.41) is 9.40. The van der Waals surface area contributed by atoms with Crippen LogP contribution in [0.15, 0.2) is 277 Å². The number of anilines is 3. The molecule has 0 fully saturated rings. The van der Waals surface area contributed by atoms with Crippen molar-refractivity contribution in [2.75, 3.05) is 4.90 Å². The molecule has 0 saturated heterocycles. The third-order valence-corrected chi connectivity index (χ3v) is 16.3. The van der Waals surface area contributed by atoms with E-state index in [9.17, 15) is 0 Å². The number of hydrogen-bond donors (Lipinski definition) is 0. The van der Waals surface area contributed by atoms with Gasteiger partial charge in [-0.05, 0) is 138 Å². The molecule has 1 spiro atoms. The summed E-state index contributed by atoms with van der Waals surface area (Å²) in [4.78, 5) is 2.41. The van der Waals surface area contributed by atoms with Crippen LogP contribution < -0.4 is 9.64 Å². The highest BCUT2D eigenvalue weighted by atomic mass is 16.5. The smallest absolute Gasteiger partial charge is 0.143 e. The lowest BCUT2D eigenvalue weighted by molar-refractivity contribution is 0.436. The standard InChI is InChI=1S/C73H45NO2/c1-2-17-46(18-3-1)54-25-16-34-69-71(54)60-44-43-57-58(72(60)76-69)26-15-31-66(57)74(51-41-37-48(38-42-51)61-45-49-19-4-5-20-52(49)55-21-6-7-22-56(55)61)50-39-35-47(36-40-50)53-24-14-30-65-70(53)59-23-8-9-27-62(59)73(65)63-28-10-12-32-67(63)75-68-33-13-11-29-64(68)73/h1-45H. The van der Waals surface area contributed by atoms with Gasteiger partial charge >= 0.3 is 0 Å². The number of para-hydroxylation sites is 2. The van der Waals surface area contributed by atoms with Crippen molar-refractivity contribution in [3.8, 4) is 56.0 Å². The maximum Gasteiger partial charge on any atom is 0.143 e. The van der Waals surface area contributed by atoms with Crippen LogP contribution in [0.1, 0.15) is 22.3 Å². The molecule has 1 aliphatic heterocycles. The van der Waals surface area contributed by atoms with Crippen LogP contribution in [0.25, 0.3) is 98.8 Å². The minimum atomic E-state index is -0.544. The fourth-order valence-electron chi connectivity index (χ4n) is 13.1. The van der Waals surface area contributed by atoms with E-state index in [0.717, 1.165) is 78.0 Å². The van der Waals surface area contributed by atoms with E-state index in [0.29, 0.717) is 0 Å². The van der Waals surface area contributed by atoms with Crippen molar-refractivity contribution in [1.82, 2.24) is 0 Å². The lowest BCUT2D eigenvalue weighted by atomic mass is 9.66. The summed E-state index contributed by atoms with van der Waals surface area (Å²) >= 11 is 0. The molecule has 76 heavy (non-hydrogen) atoms. The van der Waals surface area contributed by atoms with Crippen molar-refractivity contribution in [2.24, 2.45) is 0 Å². The van der Waals surface area contributed by atoms with Gasteiger partial charge < -0.3 is 14.1 Å². The minimum Gasteiger partial charge on any atom is -0.457 e. The van der Waals surface area contributed by atoms with Crippen LogP contribution in [-0.2, 0) is 5.41 Å². The average molecular weight is 968 g/mol. The molecule has 0 bridgehead atoms. The van der Waals surface area contributed by atoms with Crippen LogP contribution in [0.4, 0.5) is 17.1 Å². The monoisotopic (exact) mass is 967 g/mol. The maximum absolute atomic E-state index is 6.89. The number of benzene rings is 13. The van der Waals surface area contributed by atoms with Crippen LogP contribution in [0.5, 0.6) is 11.5 Å². The molecule has 3 heteroatoms. The summed E-state index contributed by atoms with van der Waals surface area (Å²) in [5.74, 6) is 1.78. The topological polar surface area (TPSA) is 25.6 Å². The lowest BCUT2D eigenvalue weighted by Crippen LogP contribution is -2.32. The molecule has 13 aromatic carbocycles. The molecule has 3 nitrogen and oxygen atoms in total. The number of fused-ring (bicyclic) bond motifs is 17. The predicted octanol–water partition coefficient (Wildman–Crippen LogP) is 20.0. The van der Waals surface area contributed by atoms with E-state index in [1.54, 1.807) is 0 Å². The molecule has 0 radical (unpaired) electrons. The Hall–Kier alpha value is -9.96. The first-order valence-corrected chi connectivity index (χ1v) is 26.1. The SMILES string of the molecule is c1ccc(-c2cccc3oc4c5cccc(N(c6ccc(-c7cccc8c7-c7ccccc7C87c8ccccc8Oc8ccccc87)cc6)c6ccc(-c7cc8ccccc8c8ccccc78)cc6)c5ccc4c23)cc1. The molecule has 0 saturated carbocycles.